The molecule has 8 heteroatoms. The summed E-state index contributed by atoms with van der Waals surface area (Å²) in [6.07, 6.45) is 1.41. The monoisotopic (exact) mass is 358 g/mol. The lowest BCUT2D eigenvalue weighted by molar-refractivity contribution is 0.521. The first-order valence-corrected chi connectivity index (χ1v) is 6.95. The van der Waals surface area contributed by atoms with Gasteiger partial charge in [-0.25, -0.2) is 13.5 Å². The van der Waals surface area contributed by atoms with Crippen LogP contribution in [0.3, 0.4) is 0 Å². The molecule has 112 valence electrons. The molecule has 0 atom stereocenters. The van der Waals surface area contributed by atoms with Gasteiger partial charge in [-0.2, -0.15) is 5.10 Å². The minimum absolute atomic E-state index is 0.133. The lowest BCUT2D eigenvalue weighted by Gasteiger charge is -2.09. The fourth-order valence-corrected chi connectivity index (χ4v) is 2.10. The predicted octanol–water partition coefficient (Wildman–Crippen LogP) is 1.70. The zero-order valence-electron chi connectivity index (χ0n) is 10.9. The van der Waals surface area contributed by atoms with E-state index in [0.717, 1.165) is 10.7 Å². The molecule has 2 aromatic rings. The number of hydrogen-bond acceptors (Lipinski definition) is 4. The van der Waals surface area contributed by atoms with E-state index in [1.54, 1.807) is 0 Å². The Hall–Kier alpha value is -1.80. The first kappa shape index (κ1) is 15.6. The molecular formula is C13H13BrF2N4O. The normalized spacial score (nSPS) is 10.7. The fraction of sp³-hybridized carbons (Fsp3) is 0.231. The van der Waals surface area contributed by atoms with Crippen molar-refractivity contribution in [3.05, 3.63) is 56.4 Å². The van der Waals surface area contributed by atoms with Gasteiger partial charge in [-0.1, -0.05) is 0 Å². The second kappa shape index (κ2) is 6.77. The molecule has 1 aromatic carbocycles. The molecule has 1 heterocycles. The summed E-state index contributed by atoms with van der Waals surface area (Å²) in [4.78, 5) is 11.9. The summed E-state index contributed by atoms with van der Waals surface area (Å²) < 4.78 is 28.7. The molecule has 0 fully saturated rings. The van der Waals surface area contributed by atoms with Crippen LogP contribution in [0.4, 0.5) is 14.5 Å². The van der Waals surface area contributed by atoms with E-state index in [-0.39, 0.29) is 16.6 Å². The third kappa shape index (κ3) is 3.64. The number of nitrogens with two attached hydrogens (primary N) is 1. The van der Waals surface area contributed by atoms with E-state index in [0.29, 0.717) is 18.8 Å². The summed E-state index contributed by atoms with van der Waals surface area (Å²) >= 11 is 2.98. The van der Waals surface area contributed by atoms with Crippen LogP contribution in [-0.4, -0.2) is 22.9 Å². The summed E-state index contributed by atoms with van der Waals surface area (Å²) in [7, 11) is 0. The molecular weight excluding hydrogens is 346 g/mol. The fourth-order valence-electron chi connectivity index (χ4n) is 1.73. The van der Waals surface area contributed by atoms with Crippen molar-refractivity contribution in [3.8, 4) is 0 Å². The van der Waals surface area contributed by atoms with E-state index >= 15 is 0 Å². The highest BCUT2D eigenvalue weighted by Gasteiger charge is 2.14. The summed E-state index contributed by atoms with van der Waals surface area (Å²) in [5, 5.41) is 6.79. The SMILES string of the molecule is NCCNc1cnn(Cc2c(F)ccc(Br)c2F)c(=O)c1. The number of aromatic nitrogens is 2. The average molecular weight is 359 g/mol. The number of halogens is 3. The highest BCUT2D eigenvalue weighted by Crippen LogP contribution is 2.21. The number of rotatable bonds is 5. The van der Waals surface area contributed by atoms with Gasteiger partial charge < -0.3 is 11.1 Å². The zero-order valence-corrected chi connectivity index (χ0v) is 12.5. The summed E-state index contributed by atoms with van der Waals surface area (Å²) in [6.45, 7) is 0.630. The van der Waals surface area contributed by atoms with Crippen LogP contribution in [0.15, 0.2) is 33.7 Å². The van der Waals surface area contributed by atoms with E-state index < -0.39 is 17.2 Å². The van der Waals surface area contributed by atoms with E-state index in [1.807, 2.05) is 0 Å². The minimum atomic E-state index is -0.742. The Kier molecular flexibility index (Phi) is 5.03. The van der Waals surface area contributed by atoms with Crippen molar-refractivity contribution in [1.29, 1.82) is 0 Å². The molecule has 3 N–H and O–H groups in total. The second-order valence-electron chi connectivity index (χ2n) is 4.28. The first-order chi connectivity index (χ1) is 10.0. The van der Waals surface area contributed by atoms with Gasteiger partial charge in [-0.3, -0.25) is 4.79 Å². The van der Waals surface area contributed by atoms with Crippen LogP contribution in [0.5, 0.6) is 0 Å². The third-order valence-electron chi connectivity index (χ3n) is 2.79. The van der Waals surface area contributed by atoms with Gasteiger partial charge in [0, 0.05) is 24.7 Å². The Morgan fingerprint density at radius 2 is 2.14 bits per heavy atom. The molecule has 0 unspecified atom stereocenters. The molecule has 1 aromatic heterocycles. The average Bonchev–Trinajstić information content (AvgIpc) is 2.47. The van der Waals surface area contributed by atoms with Gasteiger partial charge in [0.05, 0.1) is 22.9 Å². The molecule has 0 saturated heterocycles. The van der Waals surface area contributed by atoms with Gasteiger partial charge >= 0.3 is 0 Å². The van der Waals surface area contributed by atoms with Crippen molar-refractivity contribution in [1.82, 2.24) is 9.78 Å². The van der Waals surface area contributed by atoms with Crippen molar-refractivity contribution in [2.75, 3.05) is 18.4 Å². The van der Waals surface area contributed by atoms with Crippen LogP contribution in [0.2, 0.25) is 0 Å². The van der Waals surface area contributed by atoms with Crippen molar-refractivity contribution < 1.29 is 8.78 Å². The lowest BCUT2D eigenvalue weighted by Crippen LogP contribution is -2.25. The third-order valence-corrected chi connectivity index (χ3v) is 3.40. The molecule has 0 spiro atoms. The molecule has 0 amide bonds. The summed E-state index contributed by atoms with van der Waals surface area (Å²) in [5.74, 6) is -1.47. The lowest BCUT2D eigenvalue weighted by atomic mass is 10.2. The molecule has 0 radical (unpaired) electrons. The van der Waals surface area contributed by atoms with Crippen LogP contribution >= 0.6 is 15.9 Å². The minimum Gasteiger partial charge on any atom is -0.382 e. The predicted molar refractivity (Wildman–Crippen MR) is 79.2 cm³/mol. The number of benzene rings is 1. The van der Waals surface area contributed by atoms with E-state index in [9.17, 15) is 13.6 Å². The Balaban J connectivity index is 2.29. The number of hydrogen-bond donors (Lipinski definition) is 2. The van der Waals surface area contributed by atoms with Gasteiger partial charge in [-0.05, 0) is 28.1 Å². The molecule has 21 heavy (non-hydrogen) atoms. The van der Waals surface area contributed by atoms with Crippen molar-refractivity contribution in [3.63, 3.8) is 0 Å². The highest BCUT2D eigenvalue weighted by atomic mass is 79.9. The quantitative estimate of drug-likeness (QED) is 0.798. The van der Waals surface area contributed by atoms with Crippen LogP contribution in [0, 0.1) is 11.6 Å². The maximum absolute atomic E-state index is 13.9. The summed E-state index contributed by atoms with van der Waals surface area (Å²) in [5.41, 5.74) is 5.17. The van der Waals surface area contributed by atoms with E-state index in [2.05, 4.69) is 26.3 Å². The standard InChI is InChI=1S/C13H13BrF2N4O/c14-10-1-2-11(15)9(13(10)16)7-20-12(21)5-8(6-19-20)18-4-3-17/h1-2,5-6,18H,3-4,7,17H2. The van der Waals surface area contributed by atoms with Crippen molar-refractivity contribution in [2.24, 2.45) is 5.73 Å². The van der Waals surface area contributed by atoms with E-state index in [1.165, 1.54) is 18.3 Å². The topological polar surface area (TPSA) is 72.9 Å². The van der Waals surface area contributed by atoms with Crippen molar-refractivity contribution >= 4 is 21.6 Å². The summed E-state index contributed by atoms with van der Waals surface area (Å²) in [6, 6.07) is 3.70. The van der Waals surface area contributed by atoms with Gasteiger partial charge in [0.15, 0.2) is 0 Å². The maximum atomic E-state index is 13.9. The molecule has 0 aliphatic carbocycles. The van der Waals surface area contributed by atoms with Gasteiger partial charge in [-0.15, -0.1) is 0 Å². The Morgan fingerprint density at radius 3 is 2.81 bits per heavy atom. The molecule has 5 nitrogen and oxygen atoms in total. The molecule has 2 rings (SSSR count). The maximum Gasteiger partial charge on any atom is 0.269 e. The number of nitrogens with zero attached hydrogens (tertiary/aromatic N) is 2. The van der Waals surface area contributed by atoms with Crippen LogP contribution in [-0.2, 0) is 6.54 Å². The zero-order chi connectivity index (χ0) is 15.4. The Morgan fingerprint density at radius 1 is 1.38 bits per heavy atom. The second-order valence-corrected chi connectivity index (χ2v) is 5.13. The number of nitrogens with one attached hydrogen (secondary N) is 1. The Labute approximate surface area is 127 Å². The van der Waals surface area contributed by atoms with Crippen molar-refractivity contribution in [2.45, 2.75) is 6.54 Å². The molecule has 0 aliphatic rings. The van der Waals surface area contributed by atoms with Crippen LogP contribution in [0.1, 0.15) is 5.56 Å². The smallest absolute Gasteiger partial charge is 0.269 e. The van der Waals surface area contributed by atoms with Gasteiger partial charge in [0.1, 0.15) is 11.6 Å². The first-order valence-electron chi connectivity index (χ1n) is 6.16. The highest BCUT2D eigenvalue weighted by molar-refractivity contribution is 9.10. The van der Waals surface area contributed by atoms with Crippen LogP contribution in [0.25, 0.3) is 0 Å². The molecule has 0 bridgehead atoms. The van der Waals surface area contributed by atoms with Gasteiger partial charge in [0.2, 0.25) is 0 Å². The number of anilines is 1. The Bertz CT molecular complexity index is 705. The largest absolute Gasteiger partial charge is 0.382 e. The molecule has 0 aliphatic heterocycles. The van der Waals surface area contributed by atoms with Gasteiger partial charge in [0.25, 0.3) is 5.56 Å². The van der Waals surface area contributed by atoms with E-state index in [4.69, 9.17) is 5.73 Å². The van der Waals surface area contributed by atoms with Crippen LogP contribution < -0.4 is 16.6 Å². The molecule has 0 saturated carbocycles.